The van der Waals surface area contributed by atoms with Crippen LogP contribution in [0.5, 0.6) is 0 Å². The second-order valence-corrected chi connectivity index (χ2v) is 9.60. The predicted molar refractivity (Wildman–Crippen MR) is 103 cm³/mol. The first-order valence-corrected chi connectivity index (χ1v) is 12.2. The van der Waals surface area contributed by atoms with Gasteiger partial charge in [0.05, 0.1) is 25.7 Å². The molecule has 0 saturated carbocycles. The van der Waals surface area contributed by atoms with Gasteiger partial charge in [-0.2, -0.15) is 21.6 Å². The second-order valence-electron chi connectivity index (χ2n) is 4.83. The Bertz CT molecular complexity index is 843. The highest BCUT2D eigenvalue weighted by Gasteiger charge is 2.07. The average molecular weight is 479 g/mol. The summed E-state index contributed by atoms with van der Waals surface area (Å²) in [6, 6.07) is 6.32. The van der Waals surface area contributed by atoms with E-state index in [0.29, 0.717) is 11.1 Å². The van der Waals surface area contributed by atoms with Gasteiger partial charge in [0, 0.05) is 34.5 Å². The number of nitrogens with one attached hydrogen (secondary N) is 2. The average Bonchev–Trinajstić information content (AvgIpc) is 2.59. The van der Waals surface area contributed by atoms with E-state index in [2.05, 4.69) is 14.2 Å². The number of hydrogen-bond donors (Lipinski definition) is 2. The van der Waals surface area contributed by atoms with E-state index in [4.69, 9.17) is 21.4 Å². The van der Waals surface area contributed by atoms with Gasteiger partial charge in [-0.05, 0) is 24.6 Å². The molecule has 0 aliphatic rings. The molecule has 1 aromatic carbocycles. The number of hydrogen-bond acceptors (Lipinski definition) is 8. The molecule has 0 unspecified atom stereocenters. The lowest BCUT2D eigenvalue weighted by molar-refractivity contribution is -0.142. The molecule has 0 aliphatic heterocycles. The molecule has 0 aliphatic carbocycles. The van der Waals surface area contributed by atoms with Crippen LogP contribution in [0, 0.1) is 0 Å². The van der Waals surface area contributed by atoms with E-state index in [1.165, 1.54) is 7.11 Å². The lowest BCUT2D eigenvalue weighted by atomic mass is 10.1. The smallest absolute Gasteiger partial charge is 0.337 e. The minimum Gasteiger partial charge on any atom is -0.466 e. The van der Waals surface area contributed by atoms with Crippen LogP contribution in [-0.4, -0.2) is 49.0 Å². The Morgan fingerprint density at radius 2 is 1.54 bits per heavy atom. The number of esters is 2. The minimum absolute atomic E-state index is 0.0141. The van der Waals surface area contributed by atoms with Gasteiger partial charge >= 0.3 is 11.9 Å². The summed E-state index contributed by atoms with van der Waals surface area (Å²) in [7, 11) is 3.62. The van der Waals surface area contributed by atoms with E-state index in [1.54, 1.807) is 31.2 Å². The van der Waals surface area contributed by atoms with Crippen LogP contribution >= 0.6 is 21.4 Å². The third-order valence-corrected chi connectivity index (χ3v) is 4.43. The molecule has 160 valence electrons. The normalized spacial score (nSPS) is 11.1. The molecule has 0 radical (unpaired) electrons. The first-order valence-electron chi connectivity index (χ1n) is 7.59. The van der Waals surface area contributed by atoms with Crippen LogP contribution in [0.25, 0.3) is 0 Å². The lowest BCUT2D eigenvalue weighted by Gasteiger charge is -2.02. The Morgan fingerprint density at radius 1 is 1.00 bits per heavy atom. The zero-order chi connectivity index (χ0) is 21.8. The summed E-state index contributed by atoms with van der Waals surface area (Å²) in [6.07, 6.45) is -0.0141. The SMILES string of the molecule is CCOC(=O)CCNS(=O)(=O)Cl.COC(=O)c1ccc(CNS(=O)(=O)Cl)cc1. The molecular weight excluding hydrogens is 459 g/mol. The lowest BCUT2D eigenvalue weighted by Crippen LogP contribution is -2.22. The summed E-state index contributed by atoms with van der Waals surface area (Å²) in [5.41, 5.74) is 1.09. The highest BCUT2D eigenvalue weighted by Crippen LogP contribution is 2.06. The maximum atomic E-state index is 11.1. The van der Waals surface area contributed by atoms with Crippen molar-refractivity contribution in [1.82, 2.24) is 9.44 Å². The van der Waals surface area contributed by atoms with E-state index in [-0.39, 0.29) is 26.1 Å². The molecule has 1 aromatic rings. The van der Waals surface area contributed by atoms with E-state index in [9.17, 15) is 26.4 Å². The highest BCUT2D eigenvalue weighted by atomic mass is 35.7. The first-order chi connectivity index (χ1) is 12.9. The third-order valence-electron chi connectivity index (χ3n) is 2.73. The van der Waals surface area contributed by atoms with Crippen LogP contribution in [0.1, 0.15) is 29.3 Å². The Morgan fingerprint density at radius 3 is 1.96 bits per heavy atom. The molecule has 28 heavy (non-hydrogen) atoms. The largest absolute Gasteiger partial charge is 0.466 e. The van der Waals surface area contributed by atoms with Crippen LogP contribution in [0.4, 0.5) is 0 Å². The number of carbonyl (C=O) groups is 2. The molecule has 14 heteroatoms. The fourth-order valence-corrected chi connectivity index (χ4v) is 2.63. The van der Waals surface area contributed by atoms with Gasteiger partial charge in [-0.3, -0.25) is 4.79 Å². The zero-order valence-electron chi connectivity index (χ0n) is 15.0. The van der Waals surface area contributed by atoms with Crippen molar-refractivity contribution in [3.63, 3.8) is 0 Å². The maximum absolute atomic E-state index is 11.1. The summed E-state index contributed by atoms with van der Waals surface area (Å²) in [4.78, 5) is 21.7. The Balaban J connectivity index is 0.000000546. The monoisotopic (exact) mass is 478 g/mol. The molecule has 0 bridgehead atoms. The molecule has 0 spiro atoms. The molecule has 0 aromatic heterocycles. The topological polar surface area (TPSA) is 145 Å². The predicted octanol–water partition coefficient (Wildman–Crippen LogP) is 1.06. The molecule has 0 fully saturated rings. The maximum Gasteiger partial charge on any atom is 0.337 e. The van der Waals surface area contributed by atoms with Gasteiger partial charge in [0.25, 0.3) is 18.5 Å². The molecule has 0 amide bonds. The van der Waals surface area contributed by atoms with Gasteiger partial charge in [0.15, 0.2) is 0 Å². The zero-order valence-corrected chi connectivity index (χ0v) is 18.1. The number of rotatable bonds is 9. The van der Waals surface area contributed by atoms with E-state index in [1.807, 2.05) is 4.72 Å². The Kier molecular flexibility index (Phi) is 12.2. The van der Waals surface area contributed by atoms with Crippen molar-refractivity contribution in [1.29, 1.82) is 0 Å². The summed E-state index contributed by atoms with van der Waals surface area (Å²) >= 11 is 0. The van der Waals surface area contributed by atoms with Crippen LogP contribution < -0.4 is 9.44 Å². The molecule has 0 heterocycles. The van der Waals surface area contributed by atoms with Gasteiger partial charge in [0.2, 0.25) is 0 Å². The van der Waals surface area contributed by atoms with Crippen molar-refractivity contribution in [2.24, 2.45) is 0 Å². The van der Waals surface area contributed by atoms with Crippen LogP contribution in [-0.2, 0) is 39.3 Å². The fraction of sp³-hybridized carbons (Fsp3) is 0.429. The summed E-state index contributed by atoms with van der Waals surface area (Å²) in [5.74, 6) is -0.894. The number of halogens is 2. The summed E-state index contributed by atoms with van der Waals surface area (Å²) < 4.78 is 54.9. The summed E-state index contributed by atoms with van der Waals surface area (Å²) in [6.45, 7) is 1.99. The van der Waals surface area contributed by atoms with Gasteiger partial charge in [-0.15, -0.1) is 0 Å². The van der Waals surface area contributed by atoms with Crippen LogP contribution in [0.3, 0.4) is 0 Å². The standard InChI is InChI=1S/C9H10ClNO4S.C5H10ClNO4S/c1-15-9(12)8-4-2-7(3-5-8)6-11-16(10,13)14;1-2-11-5(8)3-4-7-12(6,9)10/h2-5,11H,6H2,1H3;7H,2-4H2,1H3. The van der Waals surface area contributed by atoms with Gasteiger partial charge in [-0.25, -0.2) is 9.52 Å². The van der Waals surface area contributed by atoms with E-state index < -0.39 is 30.4 Å². The van der Waals surface area contributed by atoms with Crippen molar-refractivity contribution in [2.45, 2.75) is 19.9 Å². The molecule has 1 rings (SSSR count). The quantitative estimate of drug-likeness (QED) is 0.395. The van der Waals surface area contributed by atoms with Crippen molar-refractivity contribution in [3.05, 3.63) is 35.4 Å². The van der Waals surface area contributed by atoms with E-state index in [0.717, 1.165) is 0 Å². The molecular formula is C14H20Cl2N2O8S2. The van der Waals surface area contributed by atoms with Crippen molar-refractivity contribution in [2.75, 3.05) is 20.3 Å². The Hall–Kier alpha value is -1.44. The summed E-state index contributed by atoms with van der Waals surface area (Å²) in [5, 5.41) is 0. The minimum atomic E-state index is -3.72. The molecule has 2 N–H and O–H groups in total. The van der Waals surface area contributed by atoms with Crippen LogP contribution in [0.15, 0.2) is 24.3 Å². The number of benzene rings is 1. The number of ether oxygens (including phenoxy) is 2. The van der Waals surface area contributed by atoms with Crippen LogP contribution in [0.2, 0.25) is 0 Å². The van der Waals surface area contributed by atoms with Gasteiger partial charge in [-0.1, -0.05) is 12.1 Å². The number of carbonyl (C=O) groups excluding carboxylic acids is 2. The van der Waals surface area contributed by atoms with Crippen molar-refractivity contribution >= 4 is 51.8 Å². The van der Waals surface area contributed by atoms with E-state index >= 15 is 0 Å². The fourth-order valence-electron chi connectivity index (χ4n) is 1.55. The molecule has 0 atom stereocenters. The third kappa shape index (κ3) is 14.6. The van der Waals surface area contributed by atoms with Gasteiger partial charge in [0.1, 0.15) is 0 Å². The van der Waals surface area contributed by atoms with Gasteiger partial charge < -0.3 is 9.47 Å². The highest BCUT2D eigenvalue weighted by molar-refractivity contribution is 8.12. The molecule has 0 saturated heterocycles. The van der Waals surface area contributed by atoms with Crippen molar-refractivity contribution in [3.8, 4) is 0 Å². The Labute approximate surface area is 172 Å². The first kappa shape index (κ1) is 26.6. The van der Waals surface area contributed by atoms with Crippen molar-refractivity contribution < 1.29 is 35.9 Å². The second kappa shape index (κ2) is 12.9. The number of methoxy groups -OCH3 is 1. The molecule has 10 nitrogen and oxygen atoms in total.